The molecule has 0 aromatic heterocycles. The maximum Gasteiger partial charge on any atom is 0.254 e. The summed E-state index contributed by atoms with van der Waals surface area (Å²) in [5.74, 6) is 0.598. The Hall–Kier alpha value is -1.68. The van der Waals surface area contributed by atoms with E-state index in [-0.39, 0.29) is 10.7 Å². The van der Waals surface area contributed by atoms with Gasteiger partial charge in [0.2, 0.25) is 0 Å². The molecular weight excluding hydrogens is 282 g/mol. The first-order valence-electron chi connectivity index (χ1n) is 7.14. The Kier molecular flexibility index (Phi) is 3.57. The first-order valence-corrected chi connectivity index (χ1v) is 8.46. The van der Waals surface area contributed by atoms with E-state index in [9.17, 15) is 9.00 Å². The SMILES string of the molecule is CC1(C)CN(C(=O)c2cccc3ccccc23)CCS1=O. The van der Waals surface area contributed by atoms with Crippen LogP contribution in [0.3, 0.4) is 0 Å². The lowest BCUT2D eigenvalue weighted by Crippen LogP contribution is -2.52. The van der Waals surface area contributed by atoms with Crippen molar-refractivity contribution in [1.82, 2.24) is 4.90 Å². The number of hydrogen-bond acceptors (Lipinski definition) is 2. The van der Waals surface area contributed by atoms with Gasteiger partial charge in [-0.25, -0.2) is 0 Å². The third-order valence-corrected chi connectivity index (χ3v) is 5.96. The summed E-state index contributed by atoms with van der Waals surface area (Å²) in [5.41, 5.74) is 0.733. The maximum absolute atomic E-state index is 12.8. The number of nitrogens with zero attached hydrogens (tertiary/aromatic N) is 1. The van der Waals surface area contributed by atoms with Gasteiger partial charge in [-0.2, -0.15) is 0 Å². The molecule has 0 N–H and O–H groups in total. The fourth-order valence-corrected chi connectivity index (χ4v) is 4.07. The molecule has 1 aliphatic heterocycles. The Balaban J connectivity index is 1.96. The number of rotatable bonds is 1. The van der Waals surface area contributed by atoms with Gasteiger partial charge in [-0.3, -0.25) is 9.00 Å². The van der Waals surface area contributed by atoms with Gasteiger partial charge in [0.25, 0.3) is 5.91 Å². The minimum Gasteiger partial charge on any atom is -0.336 e. The molecule has 2 aromatic carbocycles. The van der Waals surface area contributed by atoms with Crippen molar-refractivity contribution in [3.05, 3.63) is 48.0 Å². The van der Waals surface area contributed by atoms with Gasteiger partial charge in [0, 0.05) is 35.2 Å². The third-order valence-electron chi connectivity index (χ3n) is 4.04. The van der Waals surface area contributed by atoms with Crippen molar-refractivity contribution in [3.63, 3.8) is 0 Å². The van der Waals surface area contributed by atoms with Gasteiger partial charge in [0.15, 0.2) is 0 Å². The summed E-state index contributed by atoms with van der Waals surface area (Å²) >= 11 is 0. The van der Waals surface area contributed by atoms with Crippen LogP contribution in [0.25, 0.3) is 10.8 Å². The molecule has 1 fully saturated rings. The average molecular weight is 301 g/mol. The summed E-state index contributed by atoms with van der Waals surface area (Å²) in [6.07, 6.45) is 0. The normalized spacial score (nSPS) is 21.4. The van der Waals surface area contributed by atoms with Gasteiger partial charge in [0.05, 0.1) is 4.75 Å². The van der Waals surface area contributed by atoms with E-state index in [1.54, 1.807) is 0 Å². The molecule has 0 bridgehead atoms. The van der Waals surface area contributed by atoms with Crippen LogP contribution in [-0.2, 0) is 10.8 Å². The lowest BCUT2D eigenvalue weighted by atomic mass is 10.0. The molecule has 1 heterocycles. The molecule has 1 saturated heterocycles. The monoisotopic (exact) mass is 301 g/mol. The quantitative estimate of drug-likeness (QED) is 0.812. The molecule has 0 saturated carbocycles. The van der Waals surface area contributed by atoms with Crippen molar-refractivity contribution in [2.45, 2.75) is 18.6 Å². The lowest BCUT2D eigenvalue weighted by molar-refractivity contribution is 0.0748. The first kappa shape index (κ1) is 14.3. The number of carbonyl (C=O) groups is 1. The van der Waals surface area contributed by atoms with Crippen LogP contribution in [0.15, 0.2) is 42.5 Å². The fourth-order valence-electron chi connectivity index (χ4n) is 2.84. The highest BCUT2D eigenvalue weighted by Crippen LogP contribution is 2.24. The zero-order valence-corrected chi connectivity index (χ0v) is 13.2. The topological polar surface area (TPSA) is 37.4 Å². The van der Waals surface area contributed by atoms with Crippen LogP contribution in [0.2, 0.25) is 0 Å². The predicted octanol–water partition coefficient (Wildman–Crippen LogP) is 2.82. The van der Waals surface area contributed by atoms with Crippen molar-refractivity contribution in [2.75, 3.05) is 18.8 Å². The van der Waals surface area contributed by atoms with Crippen LogP contribution in [0.1, 0.15) is 24.2 Å². The van der Waals surface area contributed by atoms with E-state index >= 15 is 0 Å². The number of carbonyl (C=O) groups excluding carboxylic acids is 1. The zero-order chi connectivity index (χ0) is 15.0. The Morgan fingerprint density at radius 3 is 2.62 bits per heavy atom. The second kappa shape index (κ2) is 5.26. The van der Waals surface area contributed by atoms with Crippen molar-refractivity contribution >= 4 is 27.5 Å². The van der Waals surface area contributed by atoms with Crippen molar-refractivity contribution in [3.8, 4) is 0 Å². The average Bonchev–Trinajstić information content (AvgIpc) is 2.48. The molecule has 3 nitrogen and oxygen atoms in total. The van der Waals surface area contributed by atoms with Crippen LogP contribution in [0.4, 0.5) is 0 Å². The maximum atomic E-state index is 12.8. The van der Waals surface area contributed by atoms with Gasteiger partial charge in [0.1, 0.15) is 0 Å². The lowest BCUT2D eigenvalue weighted by Gasteiger charge is -2.37. The summed E-state index contributed by atoms with van der Waals surface area (Å²) in [7, 11) is -0.865. The molecule has 21 heavy (non-hydrogen) atoms. The molecule has 0 spiro atoms. The van der Waals surface area contributed by atoms with Crippen molar-refractivity contribution < 1.29 is 9.00 Å². The number of fused-ring (bicyclic) bond motifs is 1. The summed E-state index contributed by atoms with van der Waals surface area (Å²) < 4.78 is 11.7. The molecule has 0 aliphatic carbocycles. The van der Waals surface area contributed by atoms with Crippen LogP contribution >= 0.6 is 0 Å². The Morgan fingerprint density at radius 2 is 1.86 bits per heavy atom. The first-order chi connectivity index (χ1) is 9.99. The van der Waals surface area contributed by atoms with E-state index in [2.05, 4.69) is 0 Å². The molecular formula is C17H19NO2S. The number of hydrogen-bond donors (Lipinski definition) is 0. The van der Waals surface area contributed by atoms with Crippen LogP contribution < -0.4 is 0 Å². The van der Waals surface area contributed by atoms with Gasteiger partial charge in [-0.05, 0) is 30.7 Å². The van der Waals surface area contributed by atoms with E-state index in [1.165, 1.54) is 0 Å². The molecule has 0 radical (unpaired) electrons. The minimum atomic E-state index is -0.865. The molecule has 1 unspecified atom stereocenters. The molecule has 110 valence electrons. The van der Waals surface area contributed by atoms with Gasteiger partial charge < -0.3 is 4.90 Å². The van der Waals surface area contributed by atoms with Crippen LogP contribution in [-0.4, -0.2) is 38.6 Å². The van der Waals surface area contributed by atoms with Gasteiger partial charge in [-0.15, -0.1) is 0 Å². The fraction of sp³-hybridized carbons (Fsp3) is 0.353. The van der Waals surface area contributed by atoms with E-state index < -0.39 is 10.8 Å². The summed E-state index contributed by atoms with van der Waals surface area (Å²) in [6.45, 7) is 5.04. The highest BCUT2D eigenvalue weighted by Gasteiger charge is 2.35. The second-order valence-corrected chi connectivity index (χ2v) is 8.27. The Morgan fingerprint density at radius 1 is 1.14 bits per heavy atom. The summed E-state index contributed by atoms with van der Waals surface area (Å²) in [4.78, 5) is 14.7. The van der Waals surface area contributed by atoms with Gasteiger partial charge >= 0.3 is 0 Å². The Labute approximate surface area is 127 Å². The largest absolute Gasteiger partial charge is 0.336 e. The summed E-state index contributed by atoms with van der Waals surface area (Å²) in [6, 6.07) is 13.7. The zero-order valence-electron chi connectivity index (χ0n) is 12.3. The molecule has 1 amide bonds. The summed E-state index contributed by atoms with van der Waals surface area (Å²) in [5, 5.41) is 2.05. The standard InChI is InChI=1S/C17H19NO2S/c1-17(2)12-18(10-11-21(17)20)16(19)15-9-5-7-13-6-3-4-8-14(13)15/h3-9H,10-12H2,1-2H3. The van der Waals surface area contributed by atoms with E-state index in [0.717, 1.165) is 16.3 Å². The van der Waals surface area contributed by atoms with Crippen molar-refractivity contribution in [1.29, 1.82) is 0 Å². The van der Waals surface area contributed by atoms with Gasteiger partial charge in [-0.1, -0.05) is 36.4 Å². The smallest absolute Gasteiger partial charge is 0.254 e. The van der Waals surface area contributed by atoms with Crippen LogP contribution in [0, 0.1) is 0 Å². The molecule has 2 aromatic rings. The minimum absolute atomic E-state index is 0.0385. The highest BCUT2D eigenvalue weighted by atomic mass is 32.2. The van der Waals surface area contributed by atoms with E-state index in [1.807, 2.05) is 61.2 Å². The van der Waals surface area contributed by atoms with E-state index in [0.29, 0.717) is 18.8 Å². The predicted molar refractivity (Wildman–Crippen MR) is 86.9 cm³/mol. The van der Waals surface area contributed by atoms with Crippen molar-refractivity contribution in [2.24, 2.45) is 0 Å². The highest BCUT2D eigenvalue weighted by molar-refractivity contribution is 7.86. The Bertz CT molecular complexity index is 718. The third kappa shape index (κ3) is 2.60. The molecule has 1 aliphatic rings. The van der Waals surface area contributed by atoms with Crippen LogP contribution in [0.5, 0.6) is 0 Å². The number of benzene rings is 2. The molecule has 4 heteroatoms. The second-order valence-electron chi connectivity index (χ2n) is 6.06. The van der Waals surface area contributed by atoms with E-state index in [4.69, 9.17) is 0 Å². The molecule has 3 rings (SSSR count). The molecule has 1 atom stereocenters. The number of amides is 1.